The molecule has 1 aliphatic heterocycles. The molecule has 8 heteroatoms. The first kappa shape index (κ1) is 23.8. The van der Waals surface area contributed by atoms with Crippen molar-refractivity contribution in [2.24, 2.45) is 11.3 Å². The van der Waals surface area contributed by atoms with Gasteiger partial charge in [-0.15, -0.1) is 0 Å². The summed E-state index contributed by atoms with van der Waals surface area (Å²) in [4.78, 5) is 49.5. The van der Waals surface area contributed by atoms with E-state index in [1.807, 2.05) is 0 Å². The molecule has 0 aromatic rings. The van der Waals surface area contributed by atoms with Gasteiger partial charge in [-0.3, -0.25) is 9.59 Å². The Morgan fingerprint density at radius 1 is 1.16 bits per heavy atom. The van der Waals surface area contributed by atoms with E-state index in [9.17, 15) is 19.2 Å². The van der Waals surface area contributed by atoms with Gasteiger partial charge in [0.15, 0.2) is 0 Å². The van der Waals surface area contributed by atoms with Crippen molar-refractivity contribution >= 4 is 23.9 Å². The van der Waals surface area contributed by atoms with E-state index in [0.717, 1.165) is 0 Å². The third-order valence-corrected chi connectivity index (χ3v) is 7.14. The van der Waals surface area contributed by atoms with Gasteiger partial charge in [0.25, 0.3) is 0 Å². The lowest BCUT2D eigenvalue weighted by Gasteiger charge is -2.54. The van der Waals surface area contributed by atoms with Crippen LogP contribution < -0.4 is 0 Å². The van der Waals surface area contributed by atoms with Gasteiger partial charge >= 0.3 is 23.9 Å². The van der Waals surface area contributed by atoms with Crippen LogP contribution in [0, 0.1) is 11.3 Å². The normalized spacial score (nSPS) is 34.2. The number of cyclic esters (lactones) is 1. The number of rotatable bonds is 5. The van der Waals surface area contributed by atoms with Gasteiger partial charge in [0, 0.05) is 24.0 Å². The van der Waals surface area contributed by atoms with Crippen molar-refractivity contribution in [3.63, 3.8) is 0 Å². The summed E-state index contributed by atoms with van der Waals surface area (Å²) in [6.45, 7) is 4.74. The number of allylic oxidation sites excluding steroid dienone is 3. The van der Waals surface area contributed by atoms with Gasteiger partial charge in [-0.05, 0) is 52.0 Å². The van der Waals surface area contributed by atoms with Gasteiger partial charge in [-0.25, -0.2) is 9.59 Å². The summed E-state index contributed by atoms with van der Waals surface area (Å²) in [5.41, 5.74) is -2.36. The number of ether oxygens (including phenoxy) is 4. The number of hydrogen-bond acceptors (Lipinski definition) is 8. The summed E-state index contributed by atoms with van der Waals surface area (Å²) in [6, 6.07) is 0. The van der Waals surface area contributed by atoms with Gasteiger partial charge in [0.1, 0.15) is 16.6 Å². The van der Waals surface area contributed by atoms with Crippen LogP contribution in [0.25, 0.3) is 0 Å². The second-order valence-electron chi connectivity index (χ2n) is 8.86. The first-order valence-corrected chi connectivity index (χ1v) is 10.7. The number of methoxy groups -OCH3 is 2. The fourth-order valence-electron chi connectivity index (χ4n) is 5.61. The number of esters is 4. The minimum absolute atomic E-state index is 0.237. The predicted molar refractivity (Wildman–Crippen MR) is 113 cm³/mol. The molecule has 1 saturated heterocycles. The molecule has 0 unspecified atom stereocenters. The average Bonchev–Trinajstić information content (AvgIpc) is 2.89. The van der Waals surface area contributed by atoms with Crippen LogP contribution in [0.15, 0.2) is 35.5 Å². The SMILES string of the molecule is COC(=O)C(C)=CC=C[C@@]1(C)OC(=O)[C@]23CC=C(C(=O)OC)CC[C@]2(OC(C)=O)[C@H]1CC3. The Balaban J connectivity index is 2.04. The Morgan fingerprint density at radius 3 is 2.50 bits per heavy atom. The fourth-order valence-corrected chi connectivity index (χ4v) is 5.61. The lowest BCUT2D eigenvalue weighted by Crippen LogP contribution is -2.65. The quantitative estimate of drug-likeness (QED) is 0.275. The molecule has 0 aromatic heterocycles. The van der Waals surface area contributed by atoms with E-state index in [4.69, 9.17) is 18.9 Å². The van der Waals surface area contributed by atoms with Crippen molar-refractivity contribution in [2.45, 2.75) is 64.1 Å². The fraction of sp³-hybridized carbons (Fsp3) is 0.583. The monoisotopic (exact) mass is 446 g/mol. The van der Waals surface area contributed by atoms with E-state index in [1.54, 1.807) is 38.2 Å². The second kappa shape index (κ2) is 8.56. The molecule has 2 bridgehead atoms. The van der Waals surface area contributed by atoms with E-state index >= 15 is 0 Å². The molecular formula is C24H30O8. The van der Waals surface area contributed by atoms with Crippen molar-refractivity contribution in [2.75, 3.05) is 14.2 Å². The maximum Gasteiger partial charge on any atom is 0.333 e. The zero-order valence-electron chi connectivity index (χ0n) is 19.2. The first-order chi connectivity index (χ1) is 15.0. The Labute approximate surface area is 187 Å². The van der Waals surface area contributed by atoms with Gasteiger partial charge in [-0.2, -0.15) is 0 Å². The summed E-state index contributed by atoms with van der Waals surface area (Å²) in [5, 5.41) is 0. The van der Waals surface area contributed by atoms with Crippen LogP contribution in [0.2, 0.25) is 0 Å². The van der Waals surface area contributed by atoms with E-state index in [0.29, 0.717) is 36.8 Å². The zero-order valence-corrected chi connectivity index (χ0v) is 19.2. The largest absolute Gasteiger partial charge is 0.466 e. The molecule has 0 amide bonds. The van der Waals surface area contributed by atoms with Crippen LogP contribution in [0.3, 0.4) is 0 Å². The van der Waals surface area contributed by atoms with Gasteiger partial charge in [0.2, 0.25) is 0 Å². The molecule has 1 heterocycles. The third kappa shape index (κ3) is 3.65. The lowest BCUT2D eigenvalue weighted by atomic mass is 9.62. The van der Waals surface area contributed by atoms with E-state index in [-0.39, 0.29) is 12.3 Å². The van der Waals surface area contributed by atoms with Gasteiger partial charge < -0.3 is 18.9 Å². The predicted octanol–water partition coefficient (Wildman–Crippen LogP) is 2.96. The highest BCUT2D eigenvalue weighted by Crippen LogP contribution is 2.65. The van der Waals surface area contributed by atoms with Crippen LogP contribution in [0.4, 0.5) is 0 Å². The standard InChI is InChI=1S/C24H30O8/c1-15(19(26)29-4)7-6-11-22(3)18-10-13-23(21(28)32-22)12-8-17(20(27)30-5)9-14-24(18,23)31-16(2)25/h6-8,11,18H,9-10,12-14H2,1-5H3/t18-,22+,23+,24-/m0/s1. The summed E-state index contributed by atoms with van der Waals surface area (Å²) in [5.74, 6) is -2.15. The first-order valence-electron chi connectivity index (χ1n) is 10.7. The third-order valence-electron chi connectivity index (χ3n) is 7.14. The Kier molecular flexibility index (Phi) is 6.36. The van der Waals surface area contributed by atoms with Crippen molar-refractivity contribution in [3.8, 4) is 0 Å². The summed E-state index contributed by atoms with van der Waals surface area (Å²) in [6.07, 6.45) is 8.66. The molecule has 174 valence electrons. The molecule has 32 heavy (non-hydrogen) atoms. The summed E-state index contributed by atoms with van der Waals surface area (Å²) >= 11 is 0. The van der Waals surface area contributed by atoms with E-state index in [2.05, 4.69) is 0 Å². The molecule has 4 atom stereocenters. The van der Waals surface area contributed by atoms with E-state index in [1.165, 1.54) is 21.1 Å². The zero-order chi connectivity index (χ0) is 23.7. The summed E-state index contributed by atoms with van der Waals surface area (Å²) in [7, 11) is 2.62. The maximum atomic E-state index is 13.5. The van der Waals surface area contributed by atoms with Crippen molar-refractivity contribution < 1.29 is 38.1 Å². The van der Waals surface area contributed by atoms with Crippen molar-refractivity contribution in [3.05, 3.63) is 35.5 Å². The molecule has 3 aliphatic rings. The molecular weight excluding hydrogens is 416 g/mol. The molecule has 2 fully saturated rings. The average molecular weight is 446 g/mol. The van der Waals surface area contributed by atoms with Gasteiger partial charge in [0.05, 0.1) is 14.2 Å². The number of carbonyl (C=O) groups is 4. The smallest absolute Gasteiger partial charge is 0.333 e. The minimum Gasteiger partial charge on any atom is -0.466 e. The van der Waals surface area contributed by atoms with Crippen LogP contribution >= 0.6 is 0 Å². The topological polar surface area (TPSA) is 105 Å². The van der Waals surface area contributed by atoms with Crippen molar-refractivity contribution in [1.82, 2.24) is 0 Å². The van der Waals surface area contributed by atoms with Crippen LogP contribution in [0.1, 0.15) is 52.9 Å². The Morgan fingerprint density at radius 2 is 1.88 bits per heavy atom. The Hall–Kier alpha value is -2.90. The minimum atomic E-state index is -1.11. The molecule has 3 rings (SSSR count). The molecule has 2 aliphatic carbocycles. The molecule has 0 spiro atoms. The summed E-state index contributed by atoms with van der Waals surface area (Å²) < 4.78 is 21.5. The maximum absolute atomic E-state index is 13.5. The van der Waals surface area contributed by atoms with Gasteiger partial charge in [-0.1, -0.05) is 18.2 Å². The molecule has 0 radical (unpaired) electrons. The number of hydrogen-bond donors (Lipinski definition) is 0. The highest BCUT2D eigenvalue weighted by atomic mass is 16.6. The number of carbonyl (C=O) groups excluding carboxylic acids is 4. The molecule has 0 aromatic carbocycles. The lowest BCUT2D eigenvalue weighted by molar-refractivity contribution is -0.235. The molecule has 1 saturated carbocycles. The molecule has 0 N–H and O–H groups in total. The second-order valence-corrected chi connectivity index (χ2v) is 8.86. The van der Waals surface area contributed by atoms with E-state index < -0.39 is 40.5 Å². The van der Waals surface area contributed by atoms with Crippen molar-refractivity contribution in [1.29, 1.82) is 0 Å². The highest BCUT2D eigenvalue weighted by molar-refractivity contribution is 5.90. The van der Waals surface area contributed by atoms with Crippen LogP contribution in [0.5, 0.6) is 0 Å². The van der Waals surface area contributed by atoms with Crippen LogP contribution in [-0.2, 0) is 38.1 Å². The molecule has 8 nitrogen and oxygen atoms in total. The Bertz CT molecular complexity index is 928. The van der Waals surface area contributed by atoms with Crippen LogP contribution in [-0.4, -0.2) is 49.3 Å². The highest BCUT2D eigenvalue weighted by Gasteiger charge is 2.74.